The van der Waals surface area contributed by atoms with Gasteiger partial charge < -0.3 is 9.88 Å². The smallest absolute Gasteiger partial charge is 0.270 e. The molecule has 0 radical (unpaired) electrons. The highest BCUT2D eigenvalue weighted by atomic mass is 16.2. The second kappa shape index (κ2) is 4.95. The van der Waals surface area contributed by atoms with Gasteiger partial charge in [-0.25, -0.2) is 0 Å². The molecule has 0 atom stereocenters. The molecule has 1 aromatic heterocycles. The van der Waals surface area contributed by atoms with Crippen LogP contribution in [0.3, 0.4) is 0 Å². The van der Waals surface area contributed by atoms with Gasteiger partial charge in [-0.3, -0.25) is 9.59 Å². The SMILES string of the molecule is Cc1ccc2[nH]c(C(=O)N3CCC(=O)CC34CCC4)cc2c1C. The third kappa shape index (κ3) is 2.12. The third-order valence-corrected chi connectivity index (χ3v) is 5.82. The van der Waals surface area contributed by atoms with Crippen molar-refractivity contribution in [2.45, 2.75) is 51.5 Å². The second-order valence-electron chi connectivity index (χ2n) is 7.15. The monoisotopic (exact) mass is 310 g/mol. The fourth-order valence-corrected chi connectivity index (χ4v) is 4.09. The Bertz CT molecular complexity index is 814. The number of fused-ring (bicyclic) bond motifs is 1. The zero-order valence-electron chi connectivity index (χ0n) is 13.7. The number of nitrogens with one attached hydrogen (secondary N) is 1. The van der Waals surface area contributed by atoms with Gasteiger partial charge in [0.15, 0.2) is 0 Å². The van der Waals surface area contributed by atoms with E-state index in [0.29, 0.717) is 30.9 Å². The van der Waals surface area contributed by atoms with Gasteiger partial charge in [0.2, 0.25) is 0 Å². The molecular formula is C19H22N2O2. The molecule has 2 aliphatic rings. The molecule has 0 unspecified atom stereocenters. The van der Waals surface area contributed by atoms with Crippen LogP contribution < -0.4 is 0 Å². The minimum atomic E-state index is -0.200. The Morgan fingerprint density at radius 3 is 2.74 bits per heavy atom. The van der Waals surface area contributed by atoms with Crippen molar-refractivity contribution < 1.29 is 9.59 Å². The number of rotatable bonds is 1. The van der Waals surface area contributed by atoms with E-state index in [1.165, 1.54) is 11.1 Å². The lowest BCUT2D eigenvalue weighted by molar-refractivity contribution is -0.128. The number of ketones is 1. The molecule has 1 amide bonds. The number of benzene rings is 1. The van der Waals surface area contributed by atoms with Crippen LogP contribution >= 0.6 is 0 Å². The van der Waals surface area contributed by atoms with E-state index in [2.05, 4.69) is 24.9 Å². The van der Waals surface area contributed by atoms with Crippen molar-refractivity contribution in [3.63, 3.8) is 0 Å². The third-order valence-electron chi connectivity index (χ3n) is 5.82. The highest BCUT2D eigenvalue weighted by Gasteiger charge is 2.48. The van der Waals surface area contributed by atoms with Crippen molar-refractivity contribution in [3.8, 4) is 0 Å². The molecule has 1 aliphatic heterocycles. The van der Waals surface area contributed by atoms with Gasteiger partial charge in [0.25, 0.3) is 5.91 Å². The fourth-order valence-electron chi connectivity index (χ4n) is 4.09. The topological polar surface area (TPSA) is 53.2 Å². The Balaban J connectivity index is 1.71. The number of amides is 1. The summed E-state index contributed by atoms with van der Waals surface area (Å²) in [6, 6.07) is 6.09. The number of hydrogen-bond acceptors (Lipinski definition) is 2. The summed E-state index contributed by atoms with van der Waals surface area (Å²) in [6.07, 6.45) is 4.07. The van der Waals surface area contributed by atoms with Crippen LogP contribution in [0.5, 0.6) is 0 Å². The summed E-state index contributed by atoms with van der Waals surface area (Å²) in [7, 11) is 0. The lowest BCUT2D eigenvalue weighted by atomic mass is 9.69. The maximum atomic E-state index is 13.1. The first kappa shape index (κ1) is 14.5. The Morgan fingerprint density at radius 1 is 1.26 bits per heavy atom. The van der Waals surface area contributed by atoms with E-state index in [-0.39, 0.29) is 11.4 Å². The molecule has 2 heterocycles. The van der Waals surface area contributed by atoms with E-state index in [0.717, 1.165) is 30.2 Å². The first-order valence-electron chi connectivity index (χ1n) is 8.43. The number of carbonyl (C=O) groups excluding carboxylic acids is 2. The molecule has 1 spiro atoms. The van der Waals surface area contributed by atoms with Crippen LogP contribution in [0.15, 0.2) is 18.2 Å². The van der Waals surface area contributed by atoms with E-state index in [1.807, 2.05) is 17.0 Å². The molecule has 23 heavy (non-hydrogen) atoms. The first-order valence-corrected chi connectivity index (χ1v) is 8.43. The number of Topliss-reactive ketones (excluding diaryl/α,β-unsaturated/α-hetero) is 1. The van der Waals surface area contributed by atoms with Crippen LogP contribution in [-0.2, 0) is 4.79 Å². The summed E-state index contributed by atoms with van der Waals surface area (Å²) in [5.74, 6) is 0.349. The first-order chi connectivity index (χ1) is 11.0. The highest BCUT2D eigenvalue weighted by Crippen LogP contribution is 2.44. The zero-order valence-corrected chi connectivity index (χ0v) is 13.7. The Morgan fingerprint density at radius 2 is 2.04 bits per heavy atom. The van der Waals surface area contributed by atoms with Crippen molar-refractivity contribution in [2.75, 3.05) is 6.54 Å². The van der Waals surface area contributed by atoms with Gasteiger partial charge in [-0.05, 0) is 56.4 Å². The maximum Gasteiger partial charge on any atom is 0.270 e. The van der Waals surface area contributed by atoms with Gasteiger partial charge in [-0.2, -0.15) is 0 Å². The number of aromatic nitrogens is 1. The van der Waals surface area contributed by atoms with Crippen LogP contribution in [0.1, 0.15) is 53.7 Å². The average molecular weight is 310 g/mol. The normalized spacial score (nSPS) is 20.1. The van der Waals surface area contributed by atoms with Crippen LogP contribution in [0.2, 0.25) is 0 Å². The molecule has 1 N–H and O–H groups in total. The van der Waals surface area contributed by atoms with E-state index in [1.54, 1.807) is 0 Å². The molecule has 1 aromatic carbocycles. The Hall–Kier alpha value is -2.10. The van der Waals surface area contributed by atoms with Crippen LogP contribution in [-0.4, -0.2) is 33.7 Å². The number of H-pyrrole nitrogens is 1. The van der Waals surface area contributed by atoms with Crippen molar-refractivity contribution in [3.05, 3.63) is 35.0 Å². The van der Waals surface area contributed by atoms with Crippen molar-refractivity contribution in [1.29, 1.82) is 0 Å². The minimum Gasteiger partial charge on any atom is -0.351 e. The Labute approximate surface area is 135 Å². The Kier molecular flexibility index (Phi) is 3.12. The van der Waals surface area contributed by atoms with Crippen molar-refractivity contribution in [2.24, 2.45) is 0 Å². The fraction of sp³-hybridized carbons (Fsp3) is 0.474. The zero-order chi connectivity index (χ0) is 16.2. The number of hydrogen-bond donors (Lipinski definition) is 1. The summed E-state index contributed by atoms with van der Waals surface area (Å²) < 4.78 is 0. The summed E-state index contributed by atoms with van der Waals surface area (Å²) in [5.41, 5.74) is 3.90. The largest absolute Gasteiger partial charge is 0.351 e. The van der Waals surface area contributed by atoms with Crippen molar-refractivity contribution >= 4 is 22.6 Å². The molecular weight excluding hydrogens is 288 g/mol. The van der Waals surface area contributed by atoms with E-state index in [9.17, 15) is 9.59 Å². The molecule has 0 bridgehead atoms. The van der Waals surface area contributed by atoms with Crippen LogP contribution in [0.4, 0.5) is 0 Å². The number of piperidine rings is 1. The number of aromatic amines is 1. The number of carbonyl (C=O) groups is 2. The van der Waals surface area contributed by atoms with Crippen molar-refractivity contribution in [1.82, 2.24) is 9.88 Å². The predicted molar refractivity (Wildman–Crippen MR) is 89.6 cm³/mol. The second-order valence-corrected chi connectivity index (χ2v) is 7.15. The predicted octanol–water partition coefficient (Wildman–Crippen LogP) is 3.51. The number of nitrogens with zero attached hydrogens (tertiary/aromatic N) is 1. The molecule has 120 valence electrons. The molecule has 1 saturated heterocycles. The molecule has 4 heteroatoms. The standard InChI is InChI=1S/C19H22N2O2/c1-12-4-5-16-15(13(12)2)10-17(20-16)18(23)21-9-6-14(22)11-19(21)7-3-8-19/h4-5,10,20H,3,6-9,11H2,1-2H3. The molecule has 2 fully saturated rings. The van der Waals surface area contributed by atoms with Gasteiger partial charge in [0.1, 0.15) is 11.5 Å². The number of likely N-dealkylation sites (tertiary alicyclic amines) is 1. The molecule has 1 saturated carbocycles. The molecule has 4 rings (SSSR count). The highest BCUT2D eigenvalue weighted by molar-refractivity contribution is 6.00. The number of aryl methyl sites for hydroxylation is 2. The van der Waals surface area contributed by atoms with E-state index >= 15 is 0 Å². The van der Waals surface area contributed by atoms with Gasteiger partial charge in [0.05, 0.1) is 5.54 Å². The summed E-state index contributed by atoms with van der Waals surface area (Å²) in [6.45, 7) is 4.74. The molecule has 2 aromatic rings. The molecule has 4 nitrogen and oxygen atoms in total. The van der Waals surface area contributed by atoms with E-state index < -0.39 is 0 Å². The van der Waals surface area contributed by atoms with Gasteiger partial charge in [-0.1, -0.05) is 6.07 Å². The average Bonchev–Trinajstić information content (AvgIpc) is 2.93. The van der Waals surface area contributed by atoms with Gasteiger partial charge in [0, 0.05) is 30.3 Å². The van der Waals surface area contributed by atoms with Gasteiger partial charge >= 0.3 is 0 Å². The van der Waals surface area contributed by atoms with Gasteiger partial charge in [-0.15, -0.1) is 0 Å². The summed E-state index contributed by atoms with van der Waals surface area (Å²) in [4.78, 5) is 30.2. The van der Waals surface area contributed by atoms with E-state index in [4.69, 9.17) is 0 Å². The minimum absolute atomic E-state index is 0.0467. The molecule has 1 aliphatic carbocycles. The van der Waals surface area contributed by atoms with Crippen LogP contribution in [0.25, 0.3) is 10.9 Å². The lowest BCUT2D eigenvalue weighted by Gasteiger charge is -2.52. The summed E-state index contributed by atoms with van der Waals surface area (Å²) >= 11 is 0. The van der Waals surface area contributed by atoms with Crippen LogP contribution in [0, 0.1) is 13.8 Å². The quantitative estimate of drug-likeness (QED) is 0.876. The summed E-state index contributed by atoms with van der Waals surface area (Å²) in [5, 5.41) is 1.11. The lowest BCUT2D eigenvalue weighted by Crippen LogP contribution is -2.60. The maximum absolute atomic E-state index is 13.1.